The van der Waals surface area contributed by atoms with Crippen LogP contribution in [0.3, 0.4) is 0 Å². The molecule has 4 N–H and O–H groups in total. The van der Waals surface area contributed by atoms with E-state index in [-0.39, 0.29) is 18.2 Å². The molecular formula is C7H14N2O2. The predicted octanol–water partition coefficient (Wildman–Crippen LogP) is -1.88. The van der Waals surface area contributed by atoms with Gasteiger partial charge < -0.3 is 15.9 Å². The standard InChI is InChI=1S/C7H14N2O2/c8-6-5(11)3-9-2-1-4(10)7(6)9/h4-7,10-11H,1-3,8H2/t4?,5?,6-,7?/m0/s1. The van der Waals surface area contributed by atoms with Crippen molar-refractivity contribution in [1.29, 1.82) is 0 Å². The first-order valence-electron chi connectivity index (χ1n) is 4.06. The molecule has 0 aliphatic carbocycles. The van der Waals surface area contributed by atoms with E-state index in [1.807, 2.05) is 0 Å². The summed E-state index contributed by atoms with van der Waals surface area (Å²) in [6.07, 6.45) is 0.0162. The van der Waals surface area contributed by atoms with E-state index in [1.54, 1.807) is 0 Å². The van der Waals surface area contributed by atoms with Gasteiger partial charge in [0, 0.05) is 19.1 Å². The van der Waals surface area contributed by atoms with Gasteiger partial charge in [0.2, 0.25) is 0 Å². The van der Waals surface area contributed by atoms with Crippen molar-refractivity contribution < 1.29 is 10.2 Å². The molecule has 0 radical (unpaired) electrons. The summed E-state index contributed by atoms with van der Waals surface area (Å²) in [6, 6.07) is -0.252. The Hall–Kier alpha value is -0.160. The van der Waals surface area contributed by atoms with E-state index in [9.17, 15) is 10.2 Å². The van der Waals surface area contributed by atoms with Crippen molar-refractivity contribution in [1.82, 2.24) is 4.90 Å². The molecule has 2 rings (SSSR count). The van der Waals surface area contributed by atoms with Crippen LogP contribution < -0.4 is 5.73 Å². The molecular weight excluding hydrogens is 144 g/mol. The molecule has 4 heteroatoms. The largest absolute Gasteiger partial charge is 0.391 e. The molecule has 0 aromatic heterocycles. The Labute approximate surface area is 65.6 Å². The fraction of sp³-hybridized carbons (Fsp3) is 1.00. The summed E-state index contributed by atoms with van der Waals surface area (Å²) in [5, 5.41) is 18.8. The highest BCUT2D eigenvalue weighted by Gasteiger charge is 2.45. The Bertz CT molecular complexity index is 163. The number of fused-ring (bicyclic) bond motifs is 1. The normalized spacial score (nSPS) is 51.5. The maximum Gasteiger partial charge on any atom is 0.0834 e. The van der Waals surface area contributed by atoms with E-state index in [1.165, 1.54) is 0 Å². The van der Waals surface area contributed by atoms with Crippen molar-refractivity contribution >= 4 is 0 Å². The van der Waals surface area contributed by atoms with Gasteiger partial charge in [0.05, 0.1) is 18.2 Å². The second kappa shape index (κ2) is 2.42. The number of rotatable bonds is 0. The number of hydrogen-bond acceptors (Lipinski definition) is 4. The smallest absolute Gasteiger partial charge is 0.0834 e. The Morgan fingerprint density at radius 3 is 2.64 bits per heavy atom. The molecule has 0 amide bonds. The number of hydrogen-bond donors (Lipinski definition) is 3. The highest BCUT2D eigenvalue weighted by atomic mass is 16.3. The fourth-order valence-electron chi connectivity index (χ4n) is 2.16. The van der Waals surface area contributed by atoms with E-state index in [4.69, 9.17) is 5.73 Å². The van der Waals surface area contributed by atoms with Crippen molar-refractivity contribution in [2.45, 2.75) is 30.7 Å². The highest BCUT2D eigenvalue weighted by Crippen LogP contribution is 2.27. The summed E-state index contributed by atoms with van der Waals surface area (Å²) < 4.78 is 0. The molecule has 2 aliphatic heterocycles. The molecule has 0 saturated carbocycles. The van der Waals surface area contributed by atoms with Crippen LogP contribution in [0, 0.1) is 0 Å². The van der Waals surface area contributed by atoms with Gasteiger partial charge in [-0.25, -0.2) is 0 Å². The Morgan fingerprint density at radius 2 is 2.00 bits per heavy atom. The molecule has 4 nitrogen and oxygen atoms in total. The van der Waals surface area contributed by atoms with Crippen LogP contribution in [-0.4, -0.2) is 52.5 Å². The molecule has 3 unspecified atom stereocenters. The zero-order valence-electron chi connectivity index (χ0n) is 6.35. The molecule has 4 atom stereocenters. The molecule has 2 aliphatic rings. The quantitative estimate of drug-likeness (QED) is 0.386. The first-order chi connectivity index (χ1) is 5.20. The van der Waals surface area contributed by atoms with Gasteiger partial charge in [0.1, 0.15) is 0 Å². The fourth-order valence-corrected chi connectivity index (χ4v) is 2.16. The van der Waals surface area contributed by atoms with E-state index < -0.39 is 6.10 Å². The van der Waals surface area contributed by atoms with Crippen molar-refractivity contribution in [2.75, 3.05) is 13.1 Å². The van der Waals surface area contributed by atoms with Gasteiger partial charge >= 0.3 is 0 Å². The summed E-state index contributed by atoms with van der Waals surface area (Å²) in [5.74, 6) is 0. The number of nitrogens with two attached hydrogens (primary N) is 1. The van der Waals surface area contributed by atoms with E-state index in [0.717, 1.165) is 13.0 Å². The Morgan fingerprint density at radius 1 is 1.27 bits per heavy atom. The van der Waals surface area contributed by atoms with Crippen molar-refractivity contribution in [3.05, 3.63) is 0 Å². The number of nitrogens with zero attached hydrogens (tertiary/aromatic N) is 1. The maximum absolute atomic E-state index is 9.45. The first kappa shape index (κ1) is 7.49. The third-order valence-corrected chi connectivity index (χ3v) is 2.79. The lowest BCUT2D eigenvalue weighted by atomic mass is 10.0. The van der Waals surface area contributed by atoms with Crippen LogP contribution in [0.15, 0.2) is 0 Å². The minimum atomic E-state index is -0.449. The second-order valence-corrected chi connectivity index (χ2v) is 3.49. The molecule has 2 saturated heterocycles. The van der Waals surface area contributed by atoms with Crippen molar-refractivity contribution in [3.8, 4) is 0 Å². The molecule has 64 valence electrons. The lowest BCUT2D eigenvalue weighted by Crippen LogP contribution is -2.45. The lowest BCUT2D eigenvalue weighted by molar-refractivity contribution is 0.116. The summed E-state index contributed by atoms with van der Waals surface area (Å²) in [4.78, 5) is 2.07. The molecule has 2 fully saturated rings. The molecule has 0 aromatic carbocycles. The number of aliphatic hydroxyl groups excluding tert-OH is 2. The molecule has 0 bridgehead atoms. The summed E-state index contributed by atoms with van der Waals surface area (Å²) >= 11 is 0. The van der Waals surface area contributed by atoms with Crippen LogP contribution in [0.2, 0.25) is 0 Å². The summed E-state index contributed by atoms with van der Waals surface area (Å²) in [6.45, 7) is 1.50. The van der Waals surface area contributed by atoms with Gasteiger partial charge in [-0.05, 0) is 6.42 Å². The predicted molar refractivity (Wildman–Crippen MR) is 40.0 cm³/mol. The third-order valence-electron chi connectivity index (χ3n) is 2.79. The van der Waals surface area contributed by atoms with Crippen LogP contribution >= 0.6 is 0 Å². The van der Waals surface area contributed by atoms with Crippen molar-refractivity contribution in [2.24, 2.45) is 5.73 Å². The molecule has 2 heterocycles. The van der Waals surface area contributed by atoms with E-state index >= 15 is 0 Å². The zero-order valence-corrected chi connectivity index (χ0v) is 6.35. The van der Waals surface area contributed by atoms with E-state index in [2.05, 4.69) is 4.90 Å². The summed E-state index contributed by atoms with van der Waals surface area (Å²) in [7, 11) is 0. The first-order valence-corrected chi connectivity index (χ1v) is 4.06. The van der Waals surface area contributed by atoms with E-state index in [0.29, 0.717) is 6.54 Å². The third kappa shape index (κ3) is 0.980. The lowest BCUT2D eigenvalue weighted by Gasteiger charge is -2.19. The summed E-state index contributed by atoms with van der Waals surface area (Å²) in [5.41, 5.74) is 5.70. The molecule has 0 spiro atoms. The highest BCUT2D eigenvalue weighted by molar-refractivity contribution is 5.03. The van der Waals surface area contributed by atoms with Crippen molar-refractivity contribution in [3.63, 3.8) is 0 Å². The van der Waals surface area contributed by atoms with Gasteiger partial charge in [0.25, 0.3) is 0 Å². The van der Waals surface area contributed by atoms with Crippen LogP contribution in [0.1, 0.15) is 6.42 Å². The van der Waals surface area contributed by atoms with Crippen LogP contribution in [-0.2, 0) is 0 Å². The van der Waals surface area contributed by atoms with Crippen LogP contribution in [0.4, 0.5) is 0 Å². The average molecular weight is 158 g/mol. The van der Waals surface area contributed by atoms with Gasteiger partial charge in [0.15, 0.2) is 0 Å². The maximum atomic E-state index is 9.45. The Balaban J connectivity index is 2.13. The minimum Gasteiger partial charge on any atom is -0.391 e. The van der Waals surface area contributed by atoms with Gasteiger partial charge in [-0.3, -0.25) is 4.90 Å². The number of aliphatic hydroxyl groups is 2. The molecule has 0 aromatic rings. The second-order valence-electron chi connectivity index (χ2n) is 3.49. The van der Waals surface area contributed by atoms with Gasteiger partial charge in [-0.2, -0.15) is 0 Å². The average Bonchev–Trinajstić information content (AvgIpc) is 2.41. The van der Waals surface area contributed by atoms with Gasteiger partial charge in [-0.15, -0.1) is 0 Å². The SMILES string of the molecule is N[C@H]1C(O)CN2CCC(O)C12. The van der Waals surface area contributed by atoms with Crippen LogP contribution in [0.25, 0.3) is 0 Å². The minimum absolute atomic E-state index is 0.00463. The molecule has 11 heavy (non-hydrogen) atoms. The Kier molecular flexibility index (Phi) is 1.64. The van der Waals surface area contributed by atoms with Crippen LogP contribution in [0.5, 0.6) is 0 Å². The monoisotopic (exact) mass is 158 g/mol. The zero-order chi connectivity index (χ0) is 8.01. The van der Waals surface area contributed by atoms with Gasteiger partial charge in [-0.1, -0.05) is 0 Å². The topological polar surface area (TPSA) is 69.7 Å².